The number of phenols is 1. The Bertz CT molecular complexity index is 546. The quantitative estimate of drug-likeness (QED) is 0.594. The van der Waals surface area contributed by atoms with E-state index in [1.807, 2.05) is 6.92 Å². The lowest BCUT2D eigenvalue weighted by Gasteiger charge is -2.18. The third-order valence-electron chi connectivity index (χ3n) is 3.38. The summed E-state index contributed by atoms with van der Waals surface area (Å²) in [5, 5.41) is 24.2. The molecule has 2 unspecified atom stereocenters. The monoisotopic (exact) mass is 294 g/mol. The molecule has 0 radical (unpaired) electrons. The van der Waals surface area contributed by atoms with Crippen LogP contribution >= 0.6 is 0 Å². The van der Waals surface area contributed by atoms with Crippen molar-refractivity contribution in [2.75, 3.05) is 25.1 Å². The number of hydrogen-bond donors (Lipinski definition) is 4. The van der Waals surface area contributed by atoms with E-state index in [4.69, 9.17) is 9.84 Å². The van der Waals surface area contributed by atoms with Crippen LogP contribution in [0.4, 0.5) is 5.69 Å². The van der Waals surface area contributed by atoms with E-state index in [1.54, 1.807) is 0 Å². The zero-order valence-corrected chi connectivity index (χ0v) is 11.6. The van der Waals surface area contributed by atoms with Crippen LogP contribution in [0.5, 0.6) is 5.75 Å². The summed E-state index contributed by atoms with van der Waals surface area (Å²) in [6.07, 6.45) is 0. The van der Waals surface area contributed by atoms with Crippen molar-refractivity contribution in [3.05, 3.63) is 23.8 Å². The topological polar surface area (TPSA) is 108 Å². The van der Waals surface area contributed by atoms with Gasteiger partial charge in [0.2, 0.25) is 5.91 Å². The highest BCUT2D eigenvalue weighted by Crippen LogP contribution is 2.23. The first-order valence-electron chi connectivity index (χ1n) is 6.71. The van der Waals surface area contributed by atoms with Gasteiger partial charge in [-0.3, -0.25) is 4.79 Å². The Morgan fingerprint density at radius 3 is 2.81 bits per heavy atom. The molecule has 7 nitrogen and oxygen atoms in total. The molecule has 4 N–H and O–H groups in total. The fourth-order valence-corrected chi connectivity index (χ4v) is 2.30. The van der Waals surface area contributed by atoms with Gasteiger partial charge in [0.15, 0.2) is 0 Å². The number of carboxylic acids is 1. The molecule has 0 aromatic heterocycles. The van der Waals surface area contributed by atoms with Gasteiger partial charge in [0, 0.05) is 11.7 Å². The van der Waals surface area contributed by atoms with E-state index in [9.17, 15) is 14.7 Å². The van der Waals surface area contributed by atoms with Gasteiger partial charge in [-0.1, -0.05) is 6.92 Å². The van der Waals surface area contributed by atoms with Crippen LogP contribution in [0.2, 0.25) is 0 Å². The van der Waals surface area contributed by atoms with E-state index >= 15 is 0 Å². The molecule has 0 aliphatic carbocycles. The molecule has 1 aliphatic heterocycles. The normalized spacial score (nSPS) is 21.2. The number of aromatic carboxylic acids is 1. The molecular formula is C14H18N2O5. The summed E-state index contributed by atoms with van der Waals surface area (Å²) < 4.78 is 5.30. The first-order chi connectivity index (χ1) is 10.0. The SMILES string of the molecule is CCNC1COCC1C(=O)Nc1ccc(O)c(C(=O)O)c1. The van der Waals surface area contributed by atoms with Crippen molar-refractivity contribution < 1.29 is 24.5 Å². The predicted molar refractivity (Wildman–Crippen MR) is 75.5 cm³/mol. The third-order valence-corrected chi connectivity index (χ3v) is 3.38. The van der Waals surface area contributed by atoms with Gasteiger partial charge in [0.1, 0.15) is 11.3 Å². The predicted octanol–water partition coefficient (Wildman–Crippen LogP) is 0.653. The molecule has 0 saturated carbocycles. The van der Waals surface area contributed by atoms with Gasteiger partial charge < -0.3 is 25.6 Å². The maximum Gasteiger partial charge on any atom is 0.339 e. The molecule has 1 heterocycles. The van der Waals surface area contributed by atoms with Crippen molar-refractivity contribution >= 4 is 17.6 Å². The summed E-state index contributed by atoms with van der Waals surface area (Å²) >= 11 is 0. The lowest BCUT2D eigenvalue weighted by molar-refractivity contribution is -0.120. The van der Waals surface area contributed by atoms with Gasteiger partial charge in [-0.15, -0.1) is 0 Å². The number of ether oxygens (including phenoxy) is 1. The summed E-state index contributed by atoms with van der Waals surface area (Å²) in [6.45, 7) is 3.49. The molecule has 1 amide bonds. The minimum absolute atomic E-state index is 0.0499. The number of hydrogen-bond acceptors (Lipinski definition) is 5. The van der Waals surface area contributed by atoms with E-state index in [-0.39, 0.29) is 29.2 Å². The first-order valence-corrected chi connectivity index (χ1v) is 6.71. The second-order valence-electron chi connectivity index (χ2n) is 4.83. The van der Waals surface area contributed by atoms with E-state index in [2.05, 4.69) is 10.6 Å². The minimum atomic E-state index is -1.25. The van der Waals surface area contributed by atoms with Crippen molar-refractivity contribution in [2.45, 2.75) is 13.0 Å². The highest BCUT2D eigenvalue weighted by Gasteiger charge is 2.33. The van der Waals surface area contributed by atoms with E-state index in [0.717, 1.165) is 6.54 Å². The zero-order chi connectivity index (χ0) is 15.4. The van der Waals surface area contributed by atoms with Gasteiger partial charge >= 0.3 is 5.97 Å². The number of rotatable bonds is 5. The Hall–Kier alpha value is -2.12. The maximum atomic E-state index is 12.2. The van der Waals surface area contributed by atoms with Gasteiger partial charge in [0.25, 0.3) is 0 Å². The molecule has 1 aromatic rings. The average Bonchev–Trinajstić information content (AvgIpc) is 2.89. The number of carbonyl (C=O) groups excluding carboxylic acids is 1. The van der Waals surface area contributed by atoms with Gasteiger partial charge in [-0.2, -0.15) is 0 Å². The molecule has 2 atom stereocenters. The molecule has 0 spiro atoms. The number of nitrogens with one attached hydrogen (secondary N) is 2. The molecule has 21 heavy (non-hydrogen) atoms. The Kier molecular flexibility index (Phi) is 4.77. The van der Waals surface area contributed by atoms with Crippen LogP contribution in [0.25, 0.3) is 0 Å². The zero-order valence-electron chi connectivity index (χ0n) is 11.6. The summed E-state index contributed by atoms with van der Waals surface area (Å²) in [6, 6.07) is 3.88. The van der Waals surface area contributed by atoms with E-state index in [0.29, 0.717) is 18.9 Å². The molecule has 1 saturated heterocycles. The van der Waals surface area contributed by atoms with E-state index in [1.165, 1.54) is 18.2 Å². The summed E-state index contributed by atoms with van der Waals surface area (Å²) in [5.74, 6) is -2.15. The number of carbonyl (C=O) groups is 2. The van der Waals surface area contributed by atoms with Crippen LogP contribution in [0.15, 0.2) is 18.2 Å². The number of anilines is 1. The summed E-state index contributed by atoms with van der Waals surface area (Å²) in [7, 11) is 0. The molecule has 1 aromatic carbocycles. The van der Waals surface area contributed by atoms with Crippen LogP contribution in [0.1, 0.15) is 17.3 Å². The van der Waals surface area contributed by atoms with Gasteiger partial charge in [-0.25, -0.2) is 4.79 Å². The number of aromatic hydroxyl groups is 1. The number of likely N-dealkylation sites (N-methyl/N-ethyl adjacent to an activating group) is 1. The molecule has 7 heteroatoms. The Labute approximate surface area is 121 Å². The second-order valence-corrected chi connectivity index (χ2v) is 4.83. The van der Waals surface area contributed by atoms with Gasteiger partial charge in [0.05, 0.1) is 19.1 Å². The molecule has 114 valence electrons. The fourth-order valence-electron chi connectivity index (χ4n) is 2.30. The Morgan fingerprint density at radius 1 is 1.38 bits per heavy atom. The Morgan fingerprint density at radius 2 is 2.14 bits per heavy atom. The number of benzene rings is 1. The molecule has 2 rings (SSSR count). The van der Waals surface area contributed by atoms with Gasteiger partial charge in [-0.05, 0) is 24.7 Å². The van der Waals surface area contributed by atoms with Crippen LogP contribution in [-0.4, -0.2) is 47.9 Å². The number of amides is 1. The van der Waals surface area contributed by atoms with E-state index < -0.39 is 5.97 Å². The smallest absolute Gasteiger partial charge is 0.339 e. The minimum Gasteiger partial charge on any atom is -0.507 e. The first kappa shape index (κ1) is 15.3. The van der Waals surface area contributed by atoms with Crippen molar-refractivity contribution in [3.8, 4) is 5.75 Å². The number of carboxylic acid groups (broad SMARTS) is 1. The molecular weight excluding hydrogens is 276 g/mol. The average molecular weight is 294 g/mol. The van der Waals surface area contributed by atoms with Crippen LogP contribution in [0, 0.1) is 5.92 Å². The van der Waals surface area contributed by atoms with Crippen molar-refractivity contribution in [3.63, 3.8) is 0 Å². The van der Waals surface area contributed by atoms with Crippen molar-refractivity contribution in [1.29, 1.82) is 0 Å². The lowest BCUT2D eigenvalue weighted by atomic mass is 10.0. The highest BCUT2D eigenvalue weighted by atomic mass is 16.5. The van der Waals surface area contributed by atoms with Crippen molar-refractivity contribution in [1.82, 2.24) is 5.32 Å². The standard InChI is InChI=1S/C14H18N2O5/c1-2-15-11-7-21-6-10(11)13(18)16-8-3-4-12(17)9(5-8)14(19)20/h3-5,10-11,15,17H,2,6-7H2,1H3,(H,16,18)(H,19,20). The fraction of sp³-hybridized carbons (Fsp3) is 0.429. The van der Waals surface area contributed by atoms with Crippen LogP contribution in [-0.2, 0) is 9.53 Å². The highest BCUT2D eigenvalue weighted by molar-refractivity contribution is 5.96. The lowest BCUT2D eigenvalue weighted by Crippen LogP contribution is -2.41. The molecule has 0 bridgehead atoms. The second kappa shape index (κ2) is 6.55. The Balaban J connectivity index is 2.09. The largest absolute Gasteiger partial charge is 0.507 e. The summed E-state index contributed by atoms with van der Waals surface area (Å²) in [5.41, 5.74) is 0.0797. The maximum absolute atomic E-state index is 12.2. The van der Waals surface area contributed by atoms with Crippen LogP contribution < -0.4 is 10.6 Å². The van der Waals surface area contributed by atoms with Crippen molar-refractivity contribution in [2.24, 2.45) is 5.92 Å². The third kappa shape index (κ3) is 3.50. The molecule has 1 aliphatic rings. The molecule has 1 fully saturated rings. The van der Waals surface area contributed by atoms with Crippen LogP contribution in [0.3, 0.4) is 0 Å². The summed E-state index contributed by atoms with van der Waals surface area (Å²) in [4.78, 5) is 23.2.